The summed E-state index contributed by atoms with van der Waals surface area (Å²) in [6, 6.07) is 2.85. The minimum Gasteiger partial charge on any atom is -0.206 e. The van der Waals surface area contributed by atoms with Crippen molar-refractivity contribution in [2.24, 2.45) is 0 Å². The Bertz CT molecular complexity index is 407. The topological polar surface area (TPSA) is 0 Å². The van der Waals surface area contributed by atoms with Crippen LogP contribution in [0.4, 0.5) is 17.6 Å². The van der Waals surface area contributed by atoms with E-state index in [1.54, 1.807) is 6.92 Å². The summed E-state index contributed by atoms with van der Waals surface area (Å²) in [7, 11) is 0. The molecule has 0 aliphatic carbocycles. The van der Waals surface area contributed by atoms with Crippen molar-refractivity contribution in [2.45, 2.75) is 13.1 Å². The lowest BCUT2D eigenvalue weighted by Crippen LogP contribution is -2.08. The second-order valence-electron chi connectivity index (χ2n) is 3.36. The fourth-order valence-electron chi connectivity index (χ4n) is 1.17. The Hall–Kier alpha value is -1.03. The molecule has 0 radical (unpaired) electrons. The number of alkyl halides is 4. The second kappa shape index (κ2) is 4.87. The number of halogens is 5. The number of rotatable bonds is 2. The van der Waals surface area contributed by atoms with Gasteiger partial charge < -0.3 is 0 Å². The van der Waals surface area contributed by atoms with Gasteiger partial charge in [0.2, 0.25) is 0 Å². The Kier molecular flexibility index (Phi) is 3.97. The molecule has 88 valence electrons. The Balaban J connectivity index is 3.18. The first kappa shape index (κ1) is 13.0. The van der Waals surface area contributed by atoms with Crippen molar-refractivity contribution in [3.8, 4) is 0 Å². The summed E-state index contributed by atoms with van der Waals surface area (Å²) in [4.78, 5) is 0. The molecule has 5 heteroatoms. The van der Waals surface area contributed by atoms with Crippen molar-refractivity contribution in [2.75, 3.05) is 5.88 Å². The zero-order valence-corrected chi connectivity index (χ0v) is 9.16. The first-order valence-corrected chi connectivity index (χ1v) is 4.98. The zero-order valence-electron chi connectivity index (χ0n) is 8.41. The standard InChI is InChI=1S/C11H9ClF4/c1-7(6-12)4-8-2-3-10(13)9(5-8)11(14,15)16/h2-5H,6H2,1H3/b7-4-. The van der Waals surface area contributed by atoms with E-state index in [1.165, 1.54) is 12.1 Å². The lowest BCUT2D eigenvalue weighted by molar-refractivity contribution is -0.140. The van der Waals surface area contributed by atoms with Gasteiger partial charge in [-0.2, -0.15) is 13.2 Å². The van der Waals surface area contributed by atoms with Gasteiger partial charge in [0, 0.05) is 5.88 Å². The van der Waals surface area contributed by atoms with Crippen molar-refractivity contribution in [3.05, 3.63) is 40.7 Å². The van der Waals surface area contributed by atoms with E-state index < -0.39 is 17.6 Å². The van der Waals surface area contributed by atoms with Gasteiger partial charge in [-0.15, -0.1) is 11.6 Å². The van der Waals surface area contributed by atoms with E-state index >= 15 is 0 Å². The molecular weight excluding hydrogens is 244 g/mol. The number of hydrogen-bond acceptors (Lipinski definition) is 0. The fourth-order valence-corrected chi connectivity index (χ4v) is 1.25. The van der Waals surface area contributed by atoms with Gasteiger partial charge in [0.1, 0.15) is 5.82 Å². The molecule has 0 unspecified atom stereocenters. The predicted octanol–water partition coefficient (Wildman–Crippen LogP) is 4.49. The second-order valence-corrected chi connectivity index (χ2v) is 3.63. The summed E-state index contributed by atoms with van der Waals surface area (Å²) < 4.78 is 50.0. The Morgan fingerprint density at radius 3 is 2.50 bits per heavy atom. The zero-order chi connectivity index (χ0) is 12.3. The Morgan fingerprint density at radius 2 is 2.00 bits per heavy atom. The van der Waals surface area contributed by atoms with Crippen LogP contribution >= 0.6 is 11.6 Å². The largest absolute Gasteiger partial charge is 0.419 e. The highest BCUT2D eigenvalue weighted by Gasteiger charge is 2.33. The third-order valence-corrected chi connectivity index (χ3v) is 2.34. The predicted molar refractivity (Wildman–Crippen MR) is 55.8 cm³/mol. The summed E-state index contributed by atoms with van der Waals surface area (Å²) in [5.74, 6) is -1.05. The summed E-state index contributed by atoms with van der Waals surface area (Å²) in [6.45, 7) is 1.68. The first-order valence-electron chi connectivity index (χ1n) is 4.44. The smallest absolute Gasteiger partial charge is 0.206 e. The van der Waals surface area contributed by atoms with Crippen molar-refractivity contribution in [1.82, 2.24) is 0 Å². The summed E-state index contributed by atoms with van der Waals surface area (Å²) in [6.07, 6.45) is -3.19. The molecule has 0 heterocycles. The number of benzene rings is 1. The fraction of sp³-hybridized carbons (Fsp3) is 0.273. The van der Waals surface area contributed by atoms with Crippen LogP contribution in [-0.2, 0) is 6.18 Å². The molecule has 1 rings (SSSR count). The van der Waals surface area contributed by atoms with Gasteiger partial charge in [0.15, 0.2) is 0 Å². The normalized spacial score (nSPS) is 13.0. The molecule has 0 aliphatic heterocycles. The van der Waals surface area contributed by atoms with E-state index in [9.17, 15) is 17.6 Å². The third-order valence-electron chi connectivity index (χ3n) is 1.92. The highest BCUT2D eigenvalue weighted by Crippen LogP contribution is 2.32. The van der Waals surface area contributed by atoms with E-state index in [1.807, 2.05) is 0 Å². The molecule has 0 bridgehead atoms. The minimum absolute atomic E-state index is 0.221. The maximum Gasteiger partial charge on any atom is 0.419 e. The van der Waals surface area contributed by atoms with Crippen LogP contribution in [0, 0.1) is 5.82 Å². The molecule has 0 fully saturated rings. The molecule has 0 amide bonds. The van der Waals surface area contributed by atoms with Gasteiger partial charge in [-0.1, -0.05) is 17.7 Å². The minimum atomic E-state index is -4.68. The van der Waals surface area contributed by atoms with Crippen LogP contribution in [-0.4, -0.2) is 5.88 Å². The molecular formula is C11H9ClF4. The number of hydrogen-bond donors (Lipinski definition) is 0. The van der Waals surface area contributed by atoms with Gasteiger partial charge in [0.25, 0.3) is 0 Å². The number of allylic oxidation sites excluding steroid dienone is 1. The van der Waals surface area contributed by atoms with Gasteiger partial charge in [-0.25, -0.2) is 4.39 Å². The van der Waals surface area contributed by atoms with Gasteiger partial charge in [0.05, 0.1) is 5.56 Å². The van der Waals surface area contributed by atoms with Crippen molar-refractivity contribution >= 4 is 17.7 Å². The quantitative estimate of drug-likeness (QED) is 0.537. The van der Waals surface area contributed by atoms with Crippen molar-refractivity contribution < 1.29 is 17.6 Å². The van der Waals surface area contributed by atoms with Crippen molar-refractivity contribution in [1.29, 1.82) is 0 Å². The van der Waals surface area contributed by atoms with E-state index in [0.717, 1.165) is 12.1 Å². The van der Waals surface area contributed by atoms with Crippen molar-refractivity contribution in [3.63, 3.8) is 0 Å². The van der Waals surface area contributed by atoms with E-state index in [-0.39, 0.29) is 11.4 Å². The molecule has 0 atom stereocenters. The van der Waals surface area contributed by atoms with E-state index in [0.29, 0.717) is 5.57 Å². The van der Waals surface area contributed by atoms with Crippen LogP contribution in [0.15, 0.2) is 23.8 Å². The SMILES string of the molecule is C/C(=C/c1ccc(F)c(C(F)(F)F)c1)CCl. The molecule has 1 aromatic carbocycles. The maximum absolute atomic E-state index is 12.9. The summed E-state index contributed by atoms with van der Waals surface area (Å²) in [5, 5.41) is 0. The molecule has 0 nitrogen and oxygen atoms in total. The van der Waals surface area contributed by atoms with Gasteiger partial charge in [-0.05, 0) is 24.6 Å². The molecule has 0 N–H and O–H groups in total. The Labute approximate surface area is 95.5 Å². The third kappa shape index (κ3) is 3.23. The van der Waals surface area contributed by atoms with Crippen LogP contribution in [0.3, 0.4) is 0 Å². The van der Waals surface area contributed by atoms with Gasteiger partial charge >= 0.3 is 6.18 Å². The lowest BCUT2D eigenvalue weighted by Gasteiger charge is -2.08. The highest BCUT2D eigenvalue weighted by atomic mass is 35.5. The molecule has 0 saturated heterocycles. The average molecular weight is 253 g/mol. The maximum atomic E-state index is 12.9. The van der Waals surface area contributed by atoms with Crippen LogP contribution in [0.1, 0.15) is 18.1 Å². The molecule has 0 saturated carbocycles. The Morgan fingerprint density at radius 1 is 1.38 bits per heavy atom. The highest BCUT2D eigenvalue weighted by molar-refractivity contribution is 6.19. The molecule has 1 aromatic rings. The molecule has 0 aromatic heterocycles. The van der Waals surface area contributed by atoms with E-state index in [2.05, 4.69) is 0 Å². The van der Waals surface area contributed by atoms with Crippen LogP contribution in [0.5, 0.6) is 0 Å². The molecule has 0 spiro atoms. The summed E-state index contributed by atoms with van der Waals surface area (Å²) in [5.41, 5.74) is -0.267. The van der Waals surface area contributed by atoms with Crippen LogP contribution in [0.25, 0.3) is 6.08 Å². The van der Waals surface area contributed by atoms with Crippen LogP contribution < -0.4 is 0 Å². The molecule has 16 heavy (non-hydrogen) atoms. The lowest BCUT2D eigenvalue weighted by atomic mass is 10.1. The molecule has 0 aliphatic rings. The summed E-state index contributed by atoms with van der Waals surface area (Å²) >= 11 is 5.50. The average Bonchev–Trinajstić information content (AvgIpc) is 2.19. The van der Waals surface area contributed by atoms with Gasteiger partial charge in [-0.3, -0.25) is 0 Å². The first-order chi connectivity index (χ1) is 7.34. The van der Waals surface area contributed by atoms with E-state index in [4.69, 9.17) is 11.6 Å². The van der Waals surface area contributed by atoms with Crippen LogP contribution in [0.2, 0.25) is 0 Å². The monoisotopic (exact) mass is 252 g/mol.